The fraction of sp³-hybridized carbons (Fsp3) is 0.727. The van der Waals surface area contributed by atoms with Crippen LogP contribution in [0.2, 0.25) is 0 Å². The van der Waals surface area contributed by atoms with Gasteiger partial charge in [0.1, 0.15) is 0 Å². The number of hydrogen-bond acceptors (Lipinski definition) is 4. The average molecular weight is 228 g/mol. The molecule has 86 valence electrons. The molecule has 1 aromatic heterocycles. The second kappa shape index (κ2) is 7.79. The van der Waals surface area contributed by atoms with E-state index < -0.39 is 0 Å². The maximum atomic E-state index is 5.45. The van der Waals surface area contributed by atoms with Crippen molar-refractivity contribution in [3.63, 3.8) is 0 Å². The third kappa shape index (κ3) is 5.25. The van der Waals surface area contributed by atoms with Gasteiger partial charge in [-0.25, -0.2) is 4.98 Å². The number of nitrogens with zero attached hydrogens (tertiary/aromatic N) is 1. The zero-order valence-corrected chi connectivity index (χ0v) is 10.4. The molecular formula is C11H20N2OS. The molecule has 0 unspecified atom stereocenters. The van der Waals surface area contributed by atoms with Gasteiger partial charge >= 0.3 is 0 Å². The Kier molecular flexibility index (Phi) is 6.55. The third-order valence-electron chi connectivity index (χ3n) is 2.20. The highest BCUT2D eigenvalue weighted by molar-refractivity contribution is 7.09. The lowest BCUT2D eigenvalue weighted by Gasteiger charge is -2.04. The zero-order valence-electron chi connectivity index (χ0n) is 9.58. The zero-order chi connectivity index (χ0) is 10.9. The molecule has 0 aromatic carbocycles. The van der Waals surface area contributed by atoms with Crippen molar-refractivity contribution < 1.29 is 4.74 Å². The summed E-state index contributed by atoms with van der Waals surface area (Å²) in [6.45, 7) is 7.74. The van der Waals surface area contributed by atoms with Crippen LogP contribution in [-0.4, -0.2) is 24.7 Å². The highest BCUT2D eigenvalue weighted by Gasteiger charge is 1.99. The van der Waals surface area contributed by atoms with Crippen LogP contribution in [0.15, 0.2) is 5.51 Å². The van der Waals surface area contributed by atoms with Crippen LogP contribution in [0.25, 0.3) is 0 Å². The molecule has 0 saturated carbocycles. The van der Waals surface area contributed by atoms with Crippen LogP contribution in [0.3, 0.4) is 0 Å². The van der Waals surface area contributed by atoms with Gasteiger partial charge in [0.25, 0.3) is 0 Å². The van der Waals surface area contributed by atoms with Crippen molar-refractivity contribution in [3.8, 4) is 0 Å². The van der Waals surface area contributed by atoms with Gasteiger partial charge in [-0.15, -0.1) is 11.3 Å². The molecule has 0 aliphatic heterocycles. The van der Waals surface area contributed by atoms with Gasteiger partial charge in [0.15, 0.2) is 0 Å². The quantitative estimate of drug-likeness (QED) is 0.694. The van der Waals surface area contributed by atoms with E-state index in [4.69, 9.17) is 4.74 Å². The van der Waals surface area contributed by atoms with Crippen molar-refractivity contribution in [2.75, 3.05) is 19.8 Å². The summed E-state index contributed by atoms with van der Waals surface area (Å²) in [6.07, 6.45) is 2.36. The molecule has 15 heavy (non-hydrogen) atoms. The Labute approximate surface area is 95.9 Å². The highest BCUT2D eigenvalue weighted by atomic mass is 32.1. The summed E-state index contributed by atoms with van der Waals surface area (Å²) in [7, 11) is 0. The fourth-order valence-corrected chi connectivity index (χ4v) is 1.94. The van der Waals surface area contributed by atoms with Gasteiger partial charge in [0.2, 0.25) is 0 Å². The standard InChI is InChI=1S/C11H20N2OS/c1-3-4-6-14-7-5-12-8-11-10(2)13-9-15-11/h9,12H,3-8H2,1-2H3. The molecule has 0 spiro atoms. The van der Waals surface area contributed by atoms with E-state index in [9.17, 15) is 0 Å². The van der Waals surface area contributed by atoms with Crippen molar-refractivity contribution >= 4 is 11.3 Å². The lowest BCUT2D eigenvalue weighted by atomic mass is 10.4. The minimum atomic E-state index is 0.803. The van der Waals surface area contributed by atoms with E-state index in [0.717, 1.165) is 38.4 Å². The number of nitrogens with one attached hydrogen (secondary N) is 1. The minimum Gasteiger partial charge on any atom is -0.380 e. The molecule has 0 fully saturated rings. The summed E-state index contributed by atoms with van der Waals surface area (Å²) in [5, 5.41) is 3.35. The predicted octanol–water partition coefficient (Wildman–Crippen LogP) is 2.36. The van der Waals surface area contributed by atoms with Gasteiger partial charge in [-0.1, -0.05) is 13.3 Å². The number of aryl methyl sites for hydroxylation is 1. The van der Waals surface area contributed by atoms with E-state index in [1.807, 2.05) is 12.4 Å². The topological polar surface area (TPSA) is 34.1 Å². The van der Waals surface area contributed by atoms with Crippen LogP contribution in [-0.2, 0) is 11.3 Å². The second-order valence-corrected chi connectivity index (χ2v) is 4.44. The minimum absolute atomic E-state index is 0.803. The van der Waals surface area contributed by atoms with Gasteiger partial charge < -0.3 is 10.1 Å². The van der Waals surface area contributed by atoms with Crippen molar-refractivity contribution in [1.82, 2.24) is 10.3 Å². The number of thiazole rings is 1. The molecule has 0 atom stereocenters. The molecular weight excluding hydrogens is 208 g/mol. The fourth-order valence-electron chi connectivity index (χ4n) is 1.19. The summed E-state index contributed by atoms with van der Waals surface area (Å²) in [5.74, 6) is 0. The highest BCUT2D eigenvalue weighted by Crippen LogP contribution is 2.10. The number of unbranched alkanes of at least 4 members (excludes halogenated alkanes) is 1. The maximum Gasteiger partial charge on any atom is 0.0798 e. The van der Waals surface area contributed by atoms with Gasteiger partial charge in [-0.2, -0.15) is 0 Å². The molecule has 1 heterocycles. The Morgan fingerprint density at radius 1 is 1.47 bits per heavy atom. The first-order chi connectivity index (χ1) is 7.34. The van der Waals surface area contributed by atoms with E-state index in [1.54, 1.807) is 11.3 Å². The number of hydrogen-bond donors (Lipinski definition) is 1. The molecule has 0 aliphatic carbocycles. The first-order valence-electron chi connectivity index (χ1n) is 5.52. The van der Waals surface area contributed by atoms with Gasteiger partial charge in [-0.05, 0) is 13.3 Å². The van der Waals surface area contributed by atoms with Crippen LogP contribution in [0.5, 0.6) is 0 Å². The summed E-state index contributed by atoms with van der Waals surface area (Å²) in [5.41, 5.74) is 3.03. The molecule has 0 saturated heterocycles. The molecule has 0 bridgehead atoms. The Hall–Kier alpha value is -0.450. The van der Waals surface area contributed by atoms with E-state index in [0.29, 0.717) is 0 Å². The molecule has 1 rings (SSSR count). The van der Waals surface area contributed by atoms with Gasteiger partial charge in [0.05, 0.1) is 17.8 Å². The Balaban J connectivity index is 1.96. The summed E-state index contributed by atoms with van der Waals surface area (Å²) in [4.78, 5) is 5.53. The Bertz CT molecular complexity index is 263. The lowest BCUT2D eigenvalue weighted by molar-refractivity contribution is 0.133. The van der Waals surface area contributed by atoms with E-state index in [-0.39, 0.29) is 0 Å². The first kappa shape index (κ1) is 12.6. The SMILES string of the molecule is CCCCOCCNCc1scnc1C. The average Bonchev–Trinajstić information content (AvgIpc) is 2.63. The second-order valence-electron chi connectivity index (χ2n) is 3.50. The van der Waals surface area contributed by atoms with E-state index in [2.05, 4.69) is 17.2 Å². The monoisotopic (exact) mass is 228 g/mol. The van der Waals surface area contributed by atoms with Crippen molar-refractivity contribution in [2.45, 2.75) is 33.2 Å². The van der Waals surface area contributed by atoms with Crippen LogP contribution >= 0.6 is 11.3 Å². The van der Waals surface area contributed by atoms with Gasteiger partial charge in [-0.3, -0.25) is 0 Å². The van der Waals surface area contributed by atoms with Crippen molar-refractivity contribution in [2.24, 2.45) is 0 Å². The molecule has 1 aromatic rings. The molecule has 0 radical (unpaired) electrons. The number of aromatic nitrogens is 1. The third-order valence-corrected chi connectivity index (χ3v) is 3.13. The molecule has 0 aliphatic rings. The van der Waals surface area contributed by atoms with Crippen LogP contribution in [0.1, 0.15) is 30.3 Å². The molecule has 0 amide bonds. The number of ether oxygens (including phenoxy) is 1. The smallest absolute Gasteiger partial charge is 0.0798 e. The lowest BCUT2D eigenvalue weighted by Crippen LogP contribution is -2.19. The summed E-state index contributed by atoms with van der Waals surface area (Å²) in [6, 6.07) is 0. The van der Waals surface area contributed by atoms with E-state index >= 15 is 0 Å². The van der Waals surface area contributed by atoms with Crippen molar-refractivity contribution in [3.05, 3.63) is 16.1 Å². The Morgan fingerprint density at radius 2 is 2.33 bits per heavy atom. The van der Waals surface area contributed by atoms with Crippen molar-refractivity contribution in [1.29, 1.82) is 0 Å². The molecule has 1 N–H and O–H groups in total. The van der Waals surface area contributed by atoms with Gasteiger partial charge in [0, 0.05) is 24.6 Å². The number of rotatable bonds is 8. The normalized spacial score (nSPS) is 10.8. The first-order valence-corrected chi connectivity index (χ1v) is 6.40. The van der Waals surface area contributed by atoms with Crippen LogP contribution in [0, 0.1) is 6.92 Å². The Morgan fingerprint density at radius 3 is 3.00 bits per heavy atom. The largest absolute Gasteiger partial charge is 0.380 e. The van der Waals surface area contributed by atoms with E-state index in [1.165, 1.54) is 11.3 Å². The summed E-state index contributed by atoms with van der Waals surface area (Å²) < 4.78 is 5.45. The van der Waals surface area contributed by atoms with Crippen LogP contribution < -0.4 is 5.32 Å². The van der Waals surface area contributed by atoms with Crippen LogP contribution in [0.4, 0.5) is 0 Å². The molecule has 3 nitrogen and oxygen atoms in total. The molecule has 4 heteroatoms. The predicted molar refractivity (Wildman–Crippen MR) is 64.3 cm³/mol. The summed E-state index contributed by atoms with van der Waals surface area (Å²) >= 11 is 1.71. The maximum absolute atomic E-state index is 5.45.